The number of pyridine rings is 1. The Morgan fingerprint density at radius 3 is 2.90 bits per heavy atom. The second kappa shape index (κ2) is 8.23. The van der Waals surface area contributed by atoms with E-state index in [2.05, 4.69) is 31.3 Å². The van der Waals surface area contributed by atoms with Crippen LogP contribution in [0, 0.1) is 5.95 Å². The van der Waals surface area contributed by atoms with Gasteiger partial charge in [-0.05, 0) is 35.4 Å². The Morgan fingerprint density at radius 2 is 2.13 bits per heavy atom. The number of nitrogens with one attached hydrogen (secondary N) is 1. The molecule has 0 radical (unpaired) electrons. The van der Waals surface area contributed by atoms with Crippen LogP contribution in [0.5, 0.6) is 5.75 Å². The number of carbonyl (C=O) groups excluding carboxylic acids is 2. The fourth-order valence-corrected chi connectivity index (χ4v) is 3.45. The quantitative estimate of drug-likeness (QED) is 0.590. The predicted octanol–water partition coefficient (Wildman–Crippen LogP) is 2.75. The third kappa shape index (κ3) is 4.18. The van der Waals surface area contributed by atoms with E-state index in [9.17, 15) is 14.0 Å². The van der Waals surface area contributed by atoms with Gasteiger partial charge in [0.2, 0.25) is 5.95 Å². The number of amides is 2. The van der Waals surface area contributed by atoms with Crippen LogP contribution in [0.3, 0.4) is 0 Å². The number of fused-ring (bicyclic) bond motifs is 1. The molecular weight excluding hydrogens is 457 g/mol. The van der Waals surface area contributed by atoms with Crippen molar-refractivity contribution in [1.82, 2.24) is 20.1 Å². The average Bonchev–Trinajstić information content (AvgIpc) is 3.17. The highest BCUT2D eigenvalue weighted by atomic mass is 79.9. The Morgan fingerprint density at radius 1 is 1.30 bits per heavy atom. The van der Waals surface area contributed by atoms with Crippen molar-refractivity contribution in [3.63, 3.8) is 0 Å². The van der Waals surface area contributed by atoms with Gasteiger partial charge in [0, 0.05) is 30.3 Å². The van der Waals surface area contributed by atoms with E-state index in [1.807, 2.05) is 6.07 Å². The van der Waals surface area contributed by atoms with E-state index < -0.39 is 18.0 Å². The van der Waals surface area contributed by atoms with E-state index in [-0.39, 0.29) is 12.5 Å². The van der Waals surface area contributed by atoms with Crippen molar-refractivity contribution in [2.75, 3.05) is 18.6 Å². The number of nitrogens with zero attached hydrogens (tertiary/aromatic N) is 4. The van der Waals surface area contributed by atoms with Crippen molar-refractivity contribution in [2.24, 2.45) is 0 Å². The molecule has 1 aliphatic heterocycles. The Kier molecular flexibility index (Phi) is 5.49. The summed E-state index contributed by atoms with van der Waals surface area (Å²) in [6.07, 6.45) is 4.96. The molecule has 0 bridgehead atoms. The number of anilines is 1. The number of carbonyl (C=O) groups is 2. The minimum Gasteiger partial charge on any atom is -0.489 e. The summed E-state index contributed by atoms with van der Waals surface area (Å²) in [6.45, 7) is -0.00107. The van der Waals surface area contributed by atoms with Crippen LogP contribution >= 0.6 is 15.9 Å². The van der Waals surface area contributed by atoms with E-state index in [0.717, 1.165) is 20.3 Å². The smallest absolute Gasteiger partial charge is 0.342 e. The lowest BCUT2D eigenvalue weighted by molar-refractivity contribution is -0.120. The van der Waals surface area contributed by atoms with Crippen molar-refractivity contribution >= 4 is 33.6 Å². The normalized spacial score (nSPS) is 15.9. The molecule has 1 atom stereocenters. The summed E-state index contributed by atoms with van der Waals surface area (Å²) >= 11 is 3.38. The zero-order chi connectivity index (χ0) is 21.3. The SMILES string of the molecule is CN1C(=O)[C@H](NC(=O)n2cc(Cc3ccc(F)nc3)cn2)COc2ccc(Br)cc21. The van der Waals surface area contributed by atoms with Gasteiger partial charge >= 0.3 is 6.03 Å². The van der Waals surface area contributed by atoms with Gasteiger partial charge in [-0.15, -0.1) is 0 Å². The number of halogens is 2. The summed E-state index contributed by atoms with van der Waals surface area (Å²) in [4.78, 5) is 30.5. The molecule has 1 aromatic carbocycles. The molecule has 1 aliphatic rings. The van der Waals surface area contributed by atoms with E-state index in [1.165, 1.54) is 23.4 Å². The van der Waals surface area contributed by atoms with Crippen LogP contribution in [-0.2, 0) is 11.2 Å². The van der Waals surface area contributed by atoms with Gasteiger partial charge in [0.25, 0.3) is 5.91 Å². The van der Waals surface area contributed by atoms with Crippen LogP contribution < -0.4 is 15.0 Å². The fraction of sp³-hybridized carbons (Fsp3) is 0.200. The molecule has 10 heteroatoms. The van der Waals surface area contributed by atoms with Gasteiger partial charge in [-0.25, -0.2) is 9.78 Å². The Balaban J connectivity index is 1.44. The second-order valence-corrected chi connectivity index (χ2v) is 7.70. The molecule has 4 rings (SSSR count). The number of hydrogen-bond acceptors (Lipinski definition) is 5. The van der Waals surface area contributed by atoms with Crippen LogP contribution in [0.2, 0.25) is 0 Å². The lowest BCUT2D eigenvalue weighted by Crippen LogP contribution is -2.50. The van der Waals surface area contributed by atoms with Gasteiger partial charge in [-0.2, -0.15) is 14.2 Å². The van der Waals surface area contributed by atoms with Gasteiger partial charge in [-0.1, -0.05) is 22.0 Å². The number of hydrogen-bond donors (Lipinski definition) is 1. The molecule has 154 valence electrons. The van der Waals surface area contributed by atoms with Gasteiger partial charge in [0.1, 0.15) is 18.4 Å². The highest BCUT2D eigenvalue weighted by Gasteiger charge is 2.31. The number of aromatic nitrogens is 3. The largest absolute Gasteiger partial charge is 0.489 e. The maximum absolute atomic E-state index is 12.9. The third-order valence-corrected chi connectivity index (χ3v) is 5.15. The van der Waals surface area contributed by atoms with Crippen molar-refractivity contribution in [1.29, 1.82) is 0 Å². The van der Waals surface area contributed by atoms with Gasteiger partial charge < -0.3 is 15.0 Å². The Bertz CT molecular complexity index is 1100. The summed E-state index contributed by atoms with van der Waals surface area (Å²) in [5, 5.41) is 6.71. The lowest BCUT2D eigenvalue weighted by atomic mass is 10.1. The number of rotatable bonds is 3. The highest BCUT2D eigenvalue weighted by Crippen LogP contribution is 2.33. The van der Waals surface area contributed by atoms with Crippen LogP contribution in [0.4, 0.5) is 14.9 Å². The summed E-state index contributed by atoms with van der Waals surface area (Å²) < 4.78 is 20.6. The summed E-state index contributed by atoms with van der Waals surface area (Å²) in [5.41, 5.74) is 2.14. The van der Waals surface area contributed by atoms with Gasteiger partial charge in [-0.3, -0.25) is 4.79 Å². The fourth-order valence-electron chi connectivity index (χ4n) is 3.10. The average molecular weight is 474 g/mol. The van der Waals surface area contributed by atoms with Crippen LogP contribution in [0.15, 0.2) is 53.4 Å². The zero-order valence-electron chi connectivity index (χ0n) is 15.9. The molecule has 0 fully saturated rings. The molecule has 0 unspecified atom stereocenters. The first-order valence-corrected chi connectivity index (χ1v) is 9.85. The molecule has 0 saturated carbocycles. The maximum Gasteiger partial charge on any atom is 0.342 e. The summed E-state index contributed by atoms with van der Waals surface area (Å²) in [6, 6.07) is 6.82. The molecule has 2 aromatic heterocycles. The molecule has 0 aliphatic carbocycles. The van der Waals surface area contributed by atoms with Gasteiger partial charge in [0.15, 0.2) is 0 Å². The van der Waals surface area contributed by atoms with E-state index >= 15 is 0 Å². The van der Waals surface area contributed by atoms with E-state index in [0.29, 0.717) is 17.9 Å². The van der Waals surface area contributed by atoms with E-state index in [1.54, 1.807) is 31.4 Å². The summed E-state index contributed by atoms with van der Waals surface area (Å²) in [5.74, 6) is -0.298. The van der Waals surface area contributed by atoms with Crippen molar-refractivity contribution in [3.05, 3.63) is 70.5 Å². The van der Waals surface area contributed by atoms with Crippen molar-refractivity contribution in [3.8, 4) is 5.75 Å². The first kappa shape index (κ1) is 20.0. The molecule has 8 nitrogen and oxygen atoms in total. The van der Waals surface area contributed by atoms with Gasteiger partial charge in [0.05, 0.1) is 11.9 Å². The standard InChI is InChI=1S/C20H17BrFN5O3/c1-26-16-7-14(21)3-4-17(16)30-11-15(19(26)28)25-20(29)27-10-13(9-24-27)6-12-2-5-18(22)23-8-12/h2-5,7-10,15H,6,11H2,1H3,(H,25,29)/t15-/m1/s1. The molecule has 3 heterocycles. The monoisotopic (exact) mass is 473 g/mol. The third-order valence-electron chi connectivity index (χ3n) is 4.66. The first-order chi connectivity index (χ1) is 14.4. The molecular formula is C20H17BrFN5O3. The molecule has 3 aromatic rings. The van der Waals surface area contributed by atoms with Crippen molar-refractivity contribution in [2.45, 2.75) is 12.5 Å². The highest BCUT2D eigenvalue weighted by molar-refractivity contribution is 9.10. The minimum atomic E-state index is -0.873. The number of benzene rings is 1. The Labute approximate surface area is 179 Å². The van der Waals surface area contributed by atoms with Crippen molar-refractivity contribution < 1.29 is 18.7 Å². The maximum atomic E-state index is 12.9. The minimum absolute atomic E-state index is 0.00107. The summed E-state index contributed by atoms with van der Waals surface area (Å²) in [7, 11) is 1.63. The van der Waals surface area contributed by atoms with E-state index in [4.69, 9.17) is 4.74 Å². The lowest BCUT2D eigenvalue weighted by Gasteiger charge is -2.20. The molecule has 2 amide bonds. The topological polar surface area (TPSA) is 89.4 Å². The molecule has 30 heavy (non-hydrogen) atoms. The first-order valence-electron chi connectivity index (χ1n) is 9.05. The molecule has 0 saturated heterocycles. The second-order valence-electron chi connectivity index (χ2n) is 6.78. The van der Waals surface area contributed by atoms with Crippen LogP contribution in [-0.4, -0.2) is 46.4 Å². The van der Waals surface area contributed by atoms with Crippen LogP contribution in [0.1, 0.15) is 11.1 Å². The zero-order valence-corrected chi connectivity index (χ0v) is 17.5. The number of likely N-dealkylation sites (N-methyl/N-ethyl adjacent to an activating group) is 1. The predicted molar refractivity (Wildman–Crippen MR) is 110 cm³/mol. The van der Waals surface area contributed by atoms with Crippen LogP contribution in [0.25, 0.3) is 0 Å². The Hall–Kier alpha value is -3.27. The number of ether oxygens (including phenoxy) is 1. The molecule has 1 N–H and O–H groups in total. The molecule has 0 spiro atoms.